The van der Waals surface area contributed by atoms with Crippen molar-refractivity contribution in [3.63, 3.8) is 0 Å². The Hall–Kier alpha value is -3.29. The van der Waals surface area contributed by atoms with Crippen LogP contribution in [-0.2, 0) is 7.05 Å². The molecule has 7 nitrogen and oxygen atoms in total. The van der Waals surface area contributed by atoms with E-state index < -0.39 is 0 Å². The van der Waals surface area contributed by atoms with Crippen LogP contribution in [0.25, 0.3) is 0 Å². The van der Waals surface area contributed by atoms with Crippen LogP contribution < -0.4 is 10.1 Å². The molecule has 0 fully saturated rings. The maximum atomic E-state index is 13.2. The van der Waals surface area contributed by atoms with Crippen molar-refractivity contribution in [1.29, 1.82) is 0 Å². The van der Waals surface area contributed by atoms with Crippen LogP contribution in [0.15, 0.2) is 48.5 Å². The van der Waals surface area contributed by atoms with Crippen molar-refractivity contribution in [3.8, 4) is 11.5 Å². The maximum Gasteiger partial charge on any atom is 0.251 e. The second-order valence-corrected chi connectivity index (χ2v) is 5.44. The number of carbonyl (C=O) groups is 1. The lowest BCUT2D eigenvalue weighted by Gasteiger charge is -2.12. The number of nitrogens with zero attached hydrogens (tertiary/aromatic N) is 4. The minimum absolute atomic E-state index is 0.257. The van der Waals surface area contributed by atoms with Crippen molar-refractivity contribution in [2.75, 3.05) is 0 Å². The highest BCUT2D eigenvalue weighted by Gasteiger charge is 2.16. The molecular formula is C17H16FN5O2. The van der Waals surface area contributed by atoms with Crippen LogP contribution in [0.2, 0.25) is 0 Å². The number of hydrogen-bond acceptors (Lipinski definition) is 5. The maximum absolute atomic E-state index is 13.2. The highest BCUT2D eigenvalue weighted by molar-refractivity contribution is 5.94. The van der Waals surface area contributed by atoms with Crippen LogP contribution in [-0.4, -0.2) is 26.1 Å². The van der Waals surface area contributed by atoms with Crippen LogP contribution in [0, 0.1) is 5.82 Å². The Morgan fingerprint density at radius 1 is 1.20 bits per heavy atom. The summed E-state index contributed by atoms with van der Waals surface area (Å²) in [7, 11) is 1.70. The van der Waals surface area contributed by atoms with Crippen molar-refractivity contribution < 1.29 is 13.9 Å². The van der Waals surface area contributed by atoms with Crippen LogP contribution in [0.3, 0.4) is 0 Å². The second-order valence-electron chi connectivity index (χ2n) is 5.44. The Bertz CT molecular complexity index is 879. The summed E-state index contributed by atoms with van der Waals surface area (Å²) in [5, 5.41) is 14.0. The van der Waals surface area contributed by atoms with Gasteiger partial charge in [0.15, 0.2) is 5.82 Å². The summed E-state index contributed by atoms with van der Waals surface area (Å²) in [4.78, 5) is 12.3. The molecule has 1 unspecified atom stereocenters. The normalized spacial score (nSPS) is 11.8. The van der Waals surface area contributed by atoms with Crippen molar-refractivity contribution in [3.05, 3.63) is 65.7 Å². The number of carbonyl (C=O) groups excluding carboxylic acids is 1. The van der Waals surface area contributed by atoms with E-state index in [1.54, 1.807) is 50.4 Å². The summed E-state index contributed by atoms with van der Waals surface area (Å²) < 4.78 is 20.2. The standard InChI is InChI=1S/C17H16FN5O2/c1-11(16-20-21-22-23(16)2)19-17(24)12-6-8-14(9-7-12)25-15-5-3-4-13(18)10-15/h3-11H,1-2H3,(H,19,24). The number of nitrogens with one attached hydrogen (secondary N) is 1. The first-order valence-electron chi connectivity index (χ1n) is 7.59. The topological polar surface area (TPSA) is 81.9 Å². The molecule has 3 rings (SSSR count). The number of halogens is 1. The summed E-state index contributed by atoms with van der Waals surface area (Å²) in [5.74, 6) is 0.821. The van der Waals surface area contributed by atoms with E-state index in [2.05, 4.69) is 20.8 Å². The number of amides is 1. The lowest BCUT2D eigenvalue weighted by Crippen LogP contribution is -2.28. The number of tetrazole rings is 1. The Balaban J connectivity index is 1.65. The van der Waals surface area contributed by atoms with Gasteiger partial charge in [-0.2, -0.15) is 0 Å². The molecule has 1 heterocycles. The van der Waals surface area contributed by atoms with E-state index in [0.29, 0.717) is 22.9 Å². The van der Waals surface area contributed by atoms with Crippen LogP contribution >= 0.6 is 0 Å². The molecule has 2 aromatic carbocycles. The monoisotopic (exact) mass is 341 g/mol. The predicted molar refractivity (Wildman–Crippen MR) is 87.6 cm³/mol. The molecule has 25 heavy (non-hydrogen) atoms. The first-order valence-corrected chi connectivity index (χ1v) is 7.59. The number of hydrogen-bond donors (Lipinski definition) is 1. The minimum atomic E-state index is -0.374. The summed E-state index contributed by atoms with van der Waals surface area (Å²) in [6.45, 7) is 1.80. The van der Waals surface area contributed by atoms with E-state index in [4.69, 9.17) is 4.74 Å². The van der Waals surface area contributed by atoms with Crippen molar-refractivity contribution >= 4 is 5.91 Å². The molecule has 3 aromatic rings. The van der Waals surface area contributed by atoms with Gasteiger partial charge in [0.05, 0.1) is 6.04 Å². The van der Waals surface area contributed by atoms with Gasteiger partial charge in [0.2, 0.25) is 0 Å². The minimum Gasteiger partial charge on any atom is -0.457 e. The average molecular weight is 341 g/mol. The zero-order valence-corrected chi connectivity index (χ0v) is 13.7. The molecule has 1 N–H and O–H groups in total. The molecule has 8 heteroatoms. The molecule has 0 saturated heterocycles. The van der Waals surface area contributed by atoms with E-state index in [1.165, 1.54) is 16.8 Å². The van der Waals surface area contributed by atoms with Gasteiger partial charge in [0.25, 0.3) is 5.91 Å². The molecule has 1 aromatic heterocycles. The fourth-order valence-electron chi connectivity index (χ4n) is 2.29. The highest BCUT2D eigenvalue weighted by Crippen LogP contribution is 2.22. The first kappa shape index (κ1) is 16.6. The van der Waals surface area contributed by atoms with Crippen LogP contribution in [0.4, 0.5) is 4.39 Å². The number of aromatic nitrogens is 4. The molecule has 0 aliphatic carbocycles. The lowest BCUT2D eigenvalue weighted by atomic mass is 10.2. The van der Waals surface area contributed by atoms with E-state index in [-0.39, 0.29) is 17.8 Å². The van der Waals surface area contributed by atoms with Crippen molar-refractivity contribution in [1.82, 2.24) is 25.5 Å². The largest absolute Gasteiger partial charge is 0.457 e. The Labute approximate surface area is 143 Å². The molecule has 0 aliphatic heterocycles. The van der Waals surface area contributed by atoms with E-state index >= 15 is 0 Å². The van der Waals surface area contributed by atoms with Crippen LogP contribution in [0.5, 0.6) is 11.5 Å². The molecule has 0 radical (unpaired) electrons. The number of ether oxygens (including phenoxy) is 1. The SMILES string of the molecule is CC(NC(=O)c1ccc(Oc2cccc(F)c2)cc1)c1nnnn1C. The zero-order valence-electron chi connectivity index (χ0n) is 13.7. The first-order chi connectivity index (χ1) is 12.0. The molecule has 128 valence electrons. The van der Waals surface area contributed by atoms with Gasteiger partial charge in [0, 0.05) is 18.7 Å². The third-order valence-corrected chi connectivity index (χ3v) is 3.54. The Morgan fingerprint density at radius 2 is 1.96 bits per heavy atom. The second kappa shape index (κ2) is 7.08. The number of benzene rings is 2. The molecule has 0 aliphatic rings. The predicted octanol–water partition coefficient (Wildman–Crippen LogP) is 2.63. The van der Waals surface area contributed by atoms with Gasteiger partial charge in [-0.1, -0.05) is 6.07 Å². The third-order valence-electron chi connectivity index (χ3n) is 3.54. The summed E-state index contributed by atoms with van der Waals surface area (Å²) in [6, 6.07) is 12.1. The Morgan fingerprint density at radius 3 is 2.60 bits per heavy atom. The number of rotatable bonds is 5. The van der Waals surface area contributed by atoms with Gasteiger partial charge in [-0.25, -0.2) is 9.07 Å². The molecule has 0 bridgehead atoms. The fraction of sp³-hybridized carbons (Fsp3) is 0.176. The average Bonchev–Trinajstić information content (AvgIpc) is 3.01. The summed E-state index contributed by atoms with van der Waals surface area (Å²) >= 11 is 0. The molecule has 1 amide bonds. The van der Waals surface area contributed by atoms with Gasteiger partial charge in [-0.15, -0.1) is 5.10 Å². The molecule has 0 saturated carbocycles. The quantitative estimate of drug-likeness (QED) is 0.771. The summed E-state index contributed by atoms with van der Waals surface area (Å²) in [6.07, 6.45) is 0. The zero-order chi connectivity index (χ0) is 17.8. The van der Waals surface area contributed by atoms with Gasteiger partial charge in [-0.05, 0) is 53.7 Å². The summed E-state index contributed by atoms with van der Waals surface area (Å²) in [5.41, 5.74) is 0.466. The van der Waals surface area contributed by atoms with Gasteiger partial charge in [-0.3, -0.25) is 4.79 Å². The lowest BCUT2D eigenvalue weighted by molar-refractivity contribution is 0.0937. The van der Waals surface area contributed by atoms with E-state index in [1.807, 2.05) is 0 Å². The van der Waals surface area contributed by atoms with Crippen molar-refractivity contribution in [2.45, 2.75) is 13.0 Å². The molecule has 0 spiro atoms. The van der Waals surface area contributed by atoms with Crippen LogP contribution in [0.1, 0.15) is 29.1 Å². The third kappa shape index (κ3) is 3.97. The highest BCUT2D eigenvalue weighted by atomic mass is 19.1. The van der Waals surface area contributed by atoms with Gasteiger partial charge < -0.3 is 10.1 Å². The fourth-order valence-corrected chi connectivity index (χ4v) is 2.29. The van der Waals surface area contributed by atoms with E-state index in [9.17, 15) is 9.18 Å². The Kier molecular flexibility index (Phi) is 4.69. The molecule has 1 atom stereocenters. The number of aryl methyl sites for hydroxylation is 1. The molecular weight excluding hydrogens is 325 g/mol. The van der Waals surface area contributed by atoms with Crippen molar-refractivity contribution in [2.24, 2.45) is 7.05 Å². The van der Waals surface area contributed by atoms with E-state index in [0.717, 1.165) is 0 Å². The smallest absolute Gasteiger partial charge is 0.251 e. The van der Waals surface area contributed by atoms with Gasteiger partial charge >= 0.3 is 0 Å². The van der Waals surface area contributed by atoms with Gasteiger partial charge in [0.1, 0.15) is 17.3 Å².